The molecule has 0 heterocycles. The molecule has 3 nitrogen and oxygen atoms in total. The van der Waals surface area contributed by atoms with Gasteiger partial charge in [-0.1, -0.05) is 13.0 Å². The Labute approximate surface area is 126 Å². The van der Waals surface area contributed by atoms with E-state index in [-0.39, 0.29) is 5.56 Å². The van der Waals surface area contributed by atoms with Crippen LogP contribution in [0.4, 0.5) is 4.39 Å². The highest BCUT2D eigenvalue weighted by atomic mass is 79.9. The summed E-state index contributed by atoms with van der Waals surface area (Å²) in [7, 11) is 0. The van der Waals surface area contributed by atoms with Crippen molar-refractivity contribution in [2.75, 3.05) is 0 Å². The van der Waals surface area contributed by atoms with Crippen molar-refractivity contribution in [2.45, 2.75) is 38.1 Å². The van der Waals surface area contributed by atoms with E-state index >= 15 is 0 Å². The predicted molar refractivity (Wildman–Crippen MR) is 77.5 cm³/mol. The van der Waals surface area contributed by atoms with E-state index in [0.717, 1.165) is 12.8 Å². The first-order valence-corrected chi connectivity index (χ1v) is 7.44. The summed E-state index contributed by atoms with van der Waals surface area (Å²) >= 11 is 3.18. The normalized spacial score (nSPS) is 25.8. The first-order chi connectivity index (χ1) is 9.47. The minimum Gasteiger partial charge on any atom is -0.334 e. The van der Waals surface area contributed by atoms with Crippen molar-refractivity contribution < 1.29 is 9.18 Å². The van der Waals surface area contributed by atoms with Gasteiger partial charge in [-0.3, -0.25) is 4.79 Å². The monoisotopic (exact) mass is 338 g/mol. The second kappa shape index (κ2) is 5.92. The molecule has 0 aliphatic heterocycles. The molecule has 1 aliphatic rings. The summed E-state index contributed by atoms with van der Waals surface area (Å²) in [5, 5.41) is 12.1. The van der Waals surface area contributed by atoms with E-state index < -0.39 is 17.3 Å². The van der Waals surface area contributed by atoms with Gasteiger partial charge in [-0.05, 0) is 59.7 Å². The van der Waals surface area contributed by atoms with Crippen molar-refractivity contribution in [2.24, 2.45) is 5.92 Å². The number of hydrogen-bond acceptors (Lipinski definition) is 2. The third-order valence-electron chi connectivity index (χ3n) is 3.88. The topological polar surface area (TPSA) is 52.9 Å². The number of hydrogen-bond donors (Lipinski definition) is 1. The summed E-state index contributed by atoms with van der Waals surface area (Å²) in [5.74, 6) is -0.561. The van der Waals surface area contributed by atoms with Crippen LogP contribution in [0, 0.1) is 23.1 Å². The largest absolute Gasteiger partial charge is 0.334 e. The fourth-order valence-electron chi connectivity index (χ4n) is 2.51. The maximum atomic E-state index is 13.8. The van der Waals surface area contributed by atoms with Gasteiger partial charge >= 0.3 is 0 Å². The van der Waals surface area contributed by atoms with Crippen LogP contribution in [0.1, 0.15) is 43.0 Å². The molecule has 0 saturated heterocycles. The van der Waals surface area contributed by atoms with Crippen LogP contribution in [0.25, 0.3) is 0 Å². The zero-order valence-electron chi connectivity index (χ0n) is 11.2. The van der Waals surface area contributed by atoms with Crippen LogP contribution < -0.4 is 5.32 Å². The van der Waals surface area contributed by atoms with Crippen molar-refractivity contribution in [3.05, 3.63) is 34.1 Å². The van der Waals surface area contributed by atoms with E-state index in [0.29, 0.717) is 23.2 Å². The molecular weight excluding hydrogens is 323 g/mol. The third kappa shape index (κ3) is 3.01. The van der Waals surface area contributed by atoms with Gasteiger partial charge in [0, 0.05) is 4.47 Å². The second-order valence-electron chi connectivity index (χ2n) is 5.43. The van der Waals surface area contributed by atoms with E-state index in [2.05, 4.69) is 34.2 Å². The molecule has 2 rings (SSSR count). The number of amides is 1. The number of carbonyl (C=O) groups excluding carboxylic acids is 1. The van der Waals surface area contributed by atoms with Gasteiger partial charge in [-0.2, -0.15) is 5.26 Å². The molecule has 0 radical (unpaired) electrons. The van der Waals surface area contributed by atoms with Gasteiger partial charge in [-0.15, -0.1) is 0 Å². The molecular formula is C15H16BrFN2O. The van der Waals surface area contributed by atoms with E-state index in [1.165, 1.54) is 12.1 Å². The minimum absolute atomic E-state index is 0.0410. The van der Waals surface area contributed by atoms with Crippen molar-refractivity contribution in [1.29, 1.82) is 5.26 Å². The molecule has 1 aliphatic carbocycles. The average molecular weight is 339 g/mol. The minimum atomic E-state index is -0.870. The van der Waals surface area contributed by atoms with E-state index in [1.54, 1.807) is 6.07 Å². The Bertz CT molecular complexity index is 539. The zero-order valence-corrected chi connectivity index (χ0v) is 12.8. The summed E-state index contributed by atoms with van der Waals surface area (Å²) < 4.78 is 14.2. The molecule has 1 N–H and O–H groups in total. The lowest BCUT2D eigenvalue weighted by Gasteiger charge is -2.34. The lowest BCUT2D eigenvalue weighted by molar-refractivity contribution is 0.0889. The molecule has 0 spiro atoms. The maximum absolute atomic E-state index is 13.8. The number of carbonyl (C=O) groups is 1. The molecule has 20 heavy (non-hydrogen) atoms. The van der Waals surface area contributed by atoms with Gasteiger partial charge in [0.05, 0.1) is 11.6 Å². The predicted octanol–water partition coefficient (Wildman–Crippen LogP) is 3.79. The van der Waals surface area contributed by atoms with Gasteiger partial charge < -0.3 is 5.32 Å². The van der Waals surface area contributed by atoms with Crippen LogP contribution in [0.2, 0.25) is 0 Å². The Morgan fingerprint density at radius 2 is 2.15 bits per heavy atom. The molecule has 1 aromatic carbocycles. The smallest absolute Gasteiger partial charge is 0.256 e. The Balaban J connectivity index is 2.21. The van der Waals surface area contributed by atoms with Gasteiger partial charge in [0.2, 0.25) is 0 Å². The molecule has 0 unspecified atom stereocenters. The summed E-state index contributed by atoms with van der Waals surface area (Å²) in [6, 6.07) is 6.58. The van der Waals surface area contributed by atoms with Gasteiger partial charge in [0.25, 0.3) is 5.91 Å². The van der Waals surface area contributed by atoms with Crippen LogP contribution >= 0.6 is 15.9 Å². The summed E-state index contributed by atoms with van der Waals surface area (Å²) in [6.45, 7) is 2.14. The SMILES string of the molecule is CC1CCC(C#N)(NC(=O)c2c(F)cccc2Br)CC1. The number of rotatable bonds is 2. The molecule has 1 fully saturated rings. The van der Waals surface area contributed by atoms with Crippen LogP contribution in [-0.4, -0.2) is 11.4 Å². The highest BCUT2D eigenvalue weighted by Crippen LogP contribution is 2.32. The molecule has 1 saturated carbocycles. The van der Waals surface area contributed by atoms with E-state index in [1.807, 2.05) is 0 Å². The highest BCUT2D eigenvalue weighted by Gasteiger charge is 2.36. The van der Waals surface area contributed by atoms with Crippen molar-refractivity contribution in [3.8, 4) is 6.07 Å². The summed E-state index contributed by atoms with van der Waals surface area (Å²) in [5.41, 5.74) is -0.911. The fourth-order valence-corrected chi connectivity index (χ4v) is 3.04. The second-order valence-corrected chi connectivity index (χ2v) is 6.28. The van der Waals surface area contributed by atoms with Crippen LogP contribution in [0.15, 0.2) is 22.7 Å². The number of halogens is 2. The molecule has 0 aromatic heterocycles. The van der Waals surface area contributed by atoms with Crippen molar-refractivity contribution in [3.63, 3.8) is 0 Å². The number of nitrogens with zero attached hydrogens (tertiary/aromatic N) is 1. The van der Waals surface area contributed by atoms with Gasteiger partial charge in [0.1, 0.15) is 11.4 Å². The Hall–Kier alpha value is -1.41. The maximum Gasteiger partial charge on any atom is 0.256 e. The van der Waals surface area contributed by atoms with Crippen molar-refractivity contribution >= 4 is 21.8 Å². The highest BCUT2D eigenvalue weighted by molar-refractivity contribution is 9.10. The molecule has 1 amide bonds. The summed E-state index contributed by atoms with van der Waals surface area (Å²) in [4.78, 5) is 12.3. The van der Waals surface area contributed by atoms with Gasteiger partial charge in [-0.25, -0.2) is 4.39 Å². The molecule has 5 heteroatoms. The Morgan fingerprint density at radius 1 is 1.50 bits per heavy atom. The number of nitriles is 1. The average Bonchev–Trinajstić information content (AvgIpc) is 2.41. The van der Waals surface area contributed by atoms with E-state index in [9.17, 15) is 14.4 Å². The summed E-state index contributed by atoms with van der Waals surface area (Å²) in [6.07, 6.45) is 3.02. The van der Waals surface area contributed by atoms with Crippen LogP contribution in [-0.2, 0) is 0 Å². The molecule has 0 atom stereocenters. The van der Waals surface area contributed by atoms with Crippen LogP contribution in [0.3, 0.4) is 0 Å². The number of nitrogens with one attached hydrogen (secondary N) is 1. The zero-order chi connectivity index (χ0) is 14.8. The molecule has 106 valence electrons. The lowest BCUT2D eigenvalue weighted by Crippen LogP contribution is -2.49. The standard InChI is InChI=1S/C15H16BrFN2O/c1-10-5-7-15(9-18,8-6-10)19-14(20)13-11(16)3-2-4-12(13)17/h2-4,10H,5-8H2,1H3,(H,19,20). The fraction of sp³-hybridized carbons (Fsp3) is 0.467. The van der Waals surface area contributed by atoms with Gasteiger partial charge in [0.15, 0.2) is 0 Å². The molecule has 0 bridgehead atoms. The Kier molecular flexibility index (Phi) is 4.44. The quantitative estimate of drug-likeness (QED) is 0.891. The lowest BCUT2D eigenvalue weighted by atomic mass is 9.78. The third-order valence-corrected chi connectivity index (χ3v) is 4.55. The number of benzene rings is 1. The first-order valence-electron chi connectivity index (χ1n) is 6.65. The Morgan fingerprint density at radius 3 is 2.70 bits per heavy atom. The van der Waals surface area contributed by atoms with E-state index in [4.69, 9.17) is 0 Å². The first kappa shape index (κ1) is 15.0. The van der Waals surface area contributed by atoms with Crippen molar-refractivity contribution in [1.82, 2.24) is 5.32 Å². The molecule has 1 aromatic rings. The van der Waals surface area contributed by atoms with Crippen LogP contribution in [0.5, 0.6) is 0 Å².